The number of nitrogens with zero attached hydrogens (tertiary/aromatic N) is 2. The van der Waals surface area contributed by atoms with Crippen molar-refractivity contribution in [3.05, 3.63) is 73.7 Å². The first-order valence-electron chi connectivity index (χ1n) is 10.3. The Morgan fingerprint density at radius 2 is 2.03 bits per heavy atom. The van der Waals surface area contributed by atoms with Crippen LogP contribution >= 0.6 is 27.5 Å². The Hall–Kier alpha value is -2.68. The topological polar surface area (TPSA) is 91.2 Å². The number of hydrogen-bond acceptors (Lipinski definition) is 5. The first-order valence-corrected chi connectivity index (χ1v) is 11.5. The molecule has 1 aliphatic heterocycles. The summed E-state index contributed by atoms with van der Waals surface area (Å²) >= 11 is 9.47. The van der Waals surface area contributed by atoms with Gasteiger partial charge >= 0.3 is 0 Å². The number of amides is 1. The molecule has 0 aliphatic carbocycles. The highest BCUT2D eigenvalue weighted by Crippen LogP contribution is 2.28. The number of carbonyl (C=O) groups is 1. The van der Waals surface area contributed by atoms with E-state index in [1.54, 1.807) is 23.1 Å². The lowest BCUT2D eigenvalue weighted by Crippen LogP contribution is -2.37. The van der Waals surface area contributed by atoms with E-state index in [2.05, 4.69) is 31.2 Å². The molecule has 1 saturated heterocycles. The minimum absolute atomic E-state index is 0.0347. The number of carbonyl (C=O) groups excluding carboxylic acids is 1. The molecular weight excluding hydrogens is 496 g/mol. The summed E-state index contributed by atoms with van der Waals surface area (Å²) in [5.74, 6) is 0.356. The smallest absolute Gasteiger partial charge is 0.294 e. The van der Waals surface area contributed by atoms with Gasteiger partial charge in [0.2, 0.25) is 11.5 Å². The minimum atomic E-state index is -0.362. The van der Waals surface area contributed by atoms with Crippen LogP contribution in [0.15, 0.2) is 56.1 Å². The molecule has 2 aromatic heterocycles. The van der Waals surface area contributed by atoms with E-state index < -0.39 is 0 Å². The zero-order valence-electron chi connectivity index (χ0n) is 17.0. The molecule has 1 aliphatic rings. The first-order chi connectivity index (χ1) is 15.5. The van der Waals surface area contributed by atoms with Gasteiger partial charge in [0.1, 0.15) is 16.9 Å². The molecule has 9 heteroatoms. The Morgan fingerprint density at radius 3 is 2.78 bits per heavy atom. The monoisotopic (exact) mass is 514 g/mol. The number of halogens is 2. The average molecular weight is 516 g/mol. The second kappa shape index (κ2) is 8.69. The van der Waals surface area contributed by atoms with Crippen molar-refractivity contribution in [3.63, 3.8) is 0 Å². The standard InChI is InChI=1S/C23H20BrClN4O3/c24-15-3-6-18-17(9-15)20-21(32-18)22(30)28-19(27-20)12-29(23(31)14-7-8-26-10-14)11-13-1-4-16(25)5-2-13/h1-6,9,14,26H,7-8,10-12H2,(H,27,28,30). The molecule has 0 radical (unpaired) electrons. The van der Waals surface area contributed by atoms with E-state index in [1.165, 1.54) is 0 Å². The van der Waals surface area contributed by atoms with Gasteiger partial charge in [0, 0.05) is 28.0 Å². The molecule has 5 rings (SSSR count). The normalized spacial score (nSPS) is 16.1. The van der Waals surface area contributed by atoms with Gasteiger partial charge in [-0.3, -0.25) is 9.59 Å². The fourth-order valence-electron chi connectivity index (χ4n) is 4.07. The third kappa shape index (κ3) is 4.18. The molecule has 4 aromatic rings. The van der Waals surface area contributed by atoms with Crippen LogP contribution in [0.2, 0.25) is 5.02 Å². The Bertz CT molecular complexity index is 1360. The van der Waals surface area contributed by atoms with Crippen LogP contribution < -0.4 is 10.9 Å². The number of hydrogen-bond donors (Lipinski definition) is 2. The van der Waals surface area contributed by atoms with E-state index in [0.29, 0.717) is 35.0 Å². The number of H-pyrrole nitrogens is 1. The van der Waals surface area contributed by atoms with E-state index in [-0.39, 0.29) is 29.5 Å². The Balaban J connectivity index is 1.52. The summed E-state index contributed by atoms with van der Waals surface area (Å²) in [5, 5.41) is 4.63. The van der Waals surface area contributed by atoms with Crippen LogP contribution in [0.3, 0.4) is 0 Å². The molecular formula is C23H20BrClN4O3. The van der Waals surface area contributed by atoms with Gasteiger partial charge in [0.15, 0.2) is 0 Å². The van der Waals surface area contributed by atoms with Crippen molar-refractivity contribution >= 4 is 55.5 Å². The van der Waals surface area contributed by atoms with Crippen molar-refractivity contribution in [1.29, 1.82) is 0 Å². The molecule has 0 bridgehead atoms. The maximum absolute atomic E-state index is 13.3. The average Bonchev–Trinajstić information content (AvgIpc) is 3.43. The molecule has 2 aromatic carbocycles. The van der Waals surface area contributed by atoms with Crippen LogP contribution in [0.4, 0.5) is 0 Å². The number of benzene rings is 2. The lowest BCUT2D eigenvalue weighted by Gasteiger charge is -2.25. The summed E-state index contributed by atoms with van der Waals surface area (Å²) < 4.78 is 6.57. The second-order valence-corrected chi connectivity index (χ2v) is 9.30. The highest BCUT2D eigenvalue weighted by atomic mass is 79.9. The van der Waals surface area contributed by atoms with E-state index in [9.17, 15) is 9.59 Å². The zero-order chi connectivity index (χ0) is 22.2. The summed E-state index contributed by atoms with van der Waals surface area (Å²) in [6.45, 7) is 2.05. The minimum Gasteiger partial charge on any atom is -0.449 e. The lowest BCUT2D eigenvalue weighted by molar-refractivity contribution is -0.136. The van der Waals surface area contributed by atoms with E-state index in [4.69, 9.17) is 16.0 Å². The van der Waals surface area contributed by atoms with Crippen molar-refractivity contribution in [3.8, 4) is 0 Å². The molecule has 164 valence electrons. The number of aromatic amines is 1. The summed E-state index contributed by atoms with van der Waals surface area (Å²) in [6, 6.07) is 12.9. The third-order valence-electron chi connectivity index (χ3n) is 5.68. The van der Waals surface area contributed by atoms with E-state index in [0.717, 1.165) is 28.4 Å². The first kappa shape index (κ1) is 21.2. The molecule has 7 nitrogen and oxygen atoms in total. The van der Waals surface area contributed by atoms with Gasteiger partial charge in [-0.25, -0.2) is 4.98 Å². The Labute approximate surface area is 196 Å². The molecule has 0 spiro atoms. The molecule has 3 heterocycles. The van der Waals surface area contributed by atoms with Crippen molar-refractivity contribution in [2.75, 3.05) is 13.1 Å². The predicted molar refractivity (Wildman–Crippen MR) is 127 cm³/mol. The maximum Gasteiger partial charge on any atom is 0.294 e. The lowest BCUT2D eigenvalue weighted by atomic mass is 10.1. The van der Waals surface area contributed by atoms with Crippen LogP contribution in [-0.2, 0) is 17.9 Å². The highest BCUT2D eigenvalue weighted by molar-refractivity contribution is 9.10. The maximum atomic E-state index is 13.3. The van der Waals surface area contributed by atoms with Crippen molar-refractivity contribution in [2.24, 2.45) is 5.92 Å². The Kier molecular flexibility index (Phi) is 5.75. The van der Waals surface area contributed by atoms with Crippen LogP contribution in [-0.4, -0.2) is 33.9 Å². The molecule has 32 heavy (non-hydrogen) atoms. The largest absolute Gasteiger partial charge is 0.449 e. The number of furan rings is 1. The molecule has 1 fully saturated rings. The number of nitrogens with one attached hydrogen (secondary N) is 2. The molecule has 1 atom stereocenters. The zero-order valence-corrected chi connectivity index (χ0v) is 19.4. The third-order valence-corrected chi connectivity index (χ3v) is 6.43. The van der Waals surface area contributed by atoms with Crippen LogP contribution in [0, 0.1) is 5.92 Å². The van der Waals surface area contributed by atoms with Gasteiger partial charge in [-0.1, -0.05) is 39.7 Å². The summed E-state index contributed by atoms with van der Waals surface area (Å²) in [4.78, 5) is 35.2. The molecule has 0 saturated carbocycles. The van der Waals surface area contributed by atoms with Gasteiger partial charge in [0.05, 0.1) is 12.5 Å². The van der Waals surface area contributed by atoms with Gasteiger partial charge in [0.25, 0.3) is 5.56 Å². The van der Waals surface area contributed by atoms with Crippen LogP contribution in [0.25, 0.3) is 22.1 Å². The predicted octanol–water partition coefficient (Wildman–Crippen LogP) is 4.22. The second-order valence-electron chi connectivity index (χ2n) is 7.94. The van der Waals surface area contributed by atoms with Gasteiger partial charge in [-0.15, -0.1) is 0 Å². The molecule has 2 N–H and O–H groups in total. The summed E-state index contributed by atoms with van der Waals surface area (Å²) in [7, 11) is 0. The Morgan fingerprint density at radius 1 is 1.22 bits per heavy atom. The van der Waals surface area contributed by atoms with Crippen LogP contribution in [0.5, 0.6) is 0 Å². The van der Waals surface area contributed by atoms with Crippen molar-refractivity contribution < 1.29 is 9.21 Å². The van der Waals surface area contributed by atoms with Gasteiger partial charge < -0.3 is 19.6 Å². The number of fused-ring (bicyclic) bond motifs is 3. The molecule has 1 unspecified atom stereocenters. The van der Waals surface area contributed by atoms with Crippen molar-refractivity contribution in [2.45, 2.75) is 19.5 Å². The van der Waals surface area contributed by atoms with E-state index >= 15 is 0 Å². The summed E-state index contributed by atoms with van der Waals surface area (Å²) in [6.07, 6.45) is 0.791. The number of rotatable bonds is 5. The summed E-state index contributed by atoms with van der Waals surface area (Å²) in [5.41, 5.74) is 1.84. The fraction of sp³-hybridized carbons (Fsp3) is 0.261. The van der Waals surface area contributed by atoms with Crippen molar-refractivity contribution in [1.82, 2.24) is 20.2 Å². The quantitative estimate of drug-likeness (QED) is 0.415. The molecule has 1 amide bonds. The highest BCUT2D eigenvalue weighted by Gasteiger charge is 2.28. The van der Waals surface area contributed by atoms with Crippen LogP contribution in [0.1, 0.15) is 17.8 Å². The van der Waals surface area contributed by atoms with Gasteiger partial charge in [-0.05, 0) is 48.9 Å². The van der Waals surface area contributed by atoms with E-state index in [1.807, 2.05) is 24.3 Å². The van der Waals surface area contributed by atoms with Gasteiger partial charge in [-0.2, -0.15) is 0 Å². The fourth-order valence-corrected chi connectivity index (χ4v) is 4.56. The SMILES string of the molecule is O=C(C1CCNC1)N(Cc1ccc(Cl)cc1)Cc1nc2c(oc3ccc(Br)cc32)c(=O)[nH]1. The number of aromatic nitrogens is 2.